The van der Waals surface area contributed by atoms with Crippen molar-refractivity contribution < 1.29 is 19.1 Å². The van der Waals surface area contributed by atoms with Gasteiger partial charge >= 0.3 is 6.03 Å². The lowest BCUT2D eigenvalue weighted by Crippen LogP contribution is -2.47. The Labute approximate surface area is 205 Å². The predicted octanol–water partition coefficient (Wildman–Crippen LogP) is 3.82. The van der Waals surface area contributed by atoms with Crippen molar-refractivity contribution in [3.8, 4) is 11.5 Å². The van der Waals surface area contributed by atoms with E-state index in [9.17, 15) is 14.4 Å². The number of nitrogens with one attached hydrogen (secondary N) is 2. The molecule has 2 aliphatic rings. The summed E-state index contributed by atoms with van der Waals surface area (Å²) in [5.41, 5.74) is 2.01. The van der Waals surface area contributed by atoms with E-state index in [2.05, 4.69) is 10.6 Å². The van der Waals surface area contributed by atoms with Crippen molar-refractivity contribution in [2.45, 2.75) is 33.2 Å². The minimum atomic E-state index is -0.591. The lowest BCUT2D eigenvalue weighted by Gasteiger charge is -2.33. The van der Waals surface area contributed by atoms with E-state index in [0.717, 1.165) is 5.56 Å². The molecule has 0 bridgehead atoms. The summed E-state index contributed by atoms with van der Waals surface area (Å²) in [6.45, 7) is 7.61. The smallest absolute Gasteiger partial charge is 0.322 e. The summed E-state index contributed by atoms with van der Waals surface area (Å²) in [5.74, 6) is 1.44. The standard InChI is InChI=1S/C27H32N4O4/c1-4-31-22-17-30(14-13-23(32)28-16-18(2)3)26(33)24(22)25(29-27(31)34)19-9-8-12-21(15-19)35-20-10-6-5-7-11-20/h5-12,15,18,25H,4,13-14,16-17H2,1-3H3,(H,28,32)(H,29,34)/t25-/m1/s1. The minimum absolute atomic E-state index is 0.0831. The minimum Gasteiger partial charge on any atom is -0.457 e. The molecule has 2 aromatic carbocycles. The van der Waals surface area contributed by atoms with Crippen molar-refractivity contribution in [2.75, 3.05) is 26.2 Å². The van der Waals surface area contributed by atoms with Gasteiger partial charge < -0.3 is 20.3 Å². The van der Waals surface area contributed by atoms with Gasteiger partial charge in [0.05, 0.1) is 23.9 Å². The average Bonchev–Trinajstić information content (AvgIpc) is 3.17. The first-order valence-electron chi connectivity index (χ1n) is 12.1. The van der Waals surface area contributed by atoms with E-state index in [4.69, 9.17) is 4.74 Å². The number of para-hydroxylation sites is 1. The number of benzene rings is 2. The quantitative estimate of drug-likeness (QED) is 0.576. The van der Waals surface area contributed by atoms with Gasteiger partial charge in [-0.1, -0.05) is 44.2 Å². The molecular weight excluding hydrogens is 444 g/mol. The first-order valence-corrected chi connectivity index (χ1v) is 12.1. The Kier molecular flexibility index (Phi) is 7.39. The van der Waals surface area contributed by atoms with Gasteiger partial charge in [-0.25, -0.2) is 4.79 Å². The number of hydrogen-bond donors (Lipinski definition) is 2. The largest absolute Gasteiger partial charge is 0.457 e. The van der Waals surface area contributed by atoms with Gasteiger partial charge in [-0.05, 0) is 42.7 Å². The normalized spacial score (nSPS) is 17.5. The Balaban J connectivity index is 1.55. The first-order chi connectivity index (χ1) is 16.9. The van der Waals surface area contributed by atoms with Gasteiger partial charge in [-0.3, -0.25) is 14.5 Å². The van der Waals surface area contributed by atoms with Crippen LogP contribution in [0.5, 0.6) is 11.5 Å². The summed E-state index contributed by atoms with van der Waals surface area (Å²) < 4.78 is 5.96. The summed E-state index contributed by atoms with van der Waals surface area (Å²) in [5, 5.41) is 5.88. The van der Waals surface area contributed by atoms with E-state index in [-0.39, 0.29) is 24.3 Å². The molecule has 8 heteroatoms. The number of carbonyl (C=O) groups is 3. The topological polar surface area (TPSA) is 91.0 Å². The van der Waals surface area contributed by atoms with Crippen LogP contribution in [0.2, 0.25) is 0 Å². The highest BCUT2D eigenvalue weighted by atomic mass is 16.5. The Hall–Kier alpha value is -3.81. The molecule has 0 aromatic heterocycles. The van der Waals surface area contributed by atoms with Crippen LogP contribution in [0.3, 0.4) is 0 Å². The second kappa shape index (κ2) is 10.6. The predicted molar refractivity (Wildman–Crippen MR) is 133 cm³/mol. The summed E-state index contributed by atoms with van der Waals surface area (Å²) in [6, 6.07) is 16.0. The van der Waals surface area contributed by atoms with E-state index in [1.165, 1.54) is 0 Å². The third-order valence-corrected chi connectivity index (χ3v) is 6.10. The molecule has 4 amide bonds. The number of hydrogen-bond acceptors (Lipinski definition) is 4. The van der Waals surface area contributed by atoms with Crippen LogP contribution in [0.15, 0.2) is 65.9 Å². The van der Waals surface area contributed by atoms with Crippen molar-refractivity contribution in [3.63, 3.8) is 0 Å². The fraction of sp³-hybridized carbons (Fsp3) is 0.370. The molecule has 1 atom stereocenters. The molecule has 35 heavy (non-hydrogen) atoms. The van der Waals surface area contributed by atoms with Crippen LogP contribution in [-0.2, 0) is 9.59 Å². The van der Waals surface area contributed by atoms with Crippen LogP contribution < -0.4 is 15.4 Å². The van der Waals surface area contributed by atoms with Crippen molar-refractivity contribution >= 4 is 17.8 Å². The number of rotatable bonds is 9. The zero-order chi connectivity index (χ0) is 24.9. The second-order valence-electron chi connectivity index (χ2n) is 9.15. The Morgan fingerprint density at radius 2 is 1.86 bits per heavy atom. The molecule has 2 N–H and O–H groups in total. The lowest BCUT2D eigenvalue weighted by molar-refractivity contribution is -0.127. The molecule has 0 aliphatic carbocycles. The third-order valence-electron chi connectivity index (χ3n) is 6.10. The molecular formula is C27H32N4O4. The van der Waals surface area contributed by atoms with Gasteiger partial charge in [-0.2, -0.15) is 0 Å². The molecule has 0 saturated carbocycles. The van der Waals surface area contributed by atoms with Crippen molar-refractivity contribution in [1.29, 1.82) is 0 Å². The zero-order valence-electron chi connectivity index (χ0n) is 20.4. The Morgan fingerprint density at radius 3 is 2.57 bits per heavy atom. The third kappa shape index (κ3) is 5.48. The SMILES string of the molecule is CCN1C(=O)N[C@H](c2cccc(Oc3ccccc3)c2)C2=C1CN(CCC(=O)NCC(C)C)C2=O. The van der Waals surface area contributed by atoms with E-state index in [1.54, 1.807) is 9.80 Å². The van der Waals surface area contributed by atoms with E-state index in [1.807, 2.05) is 75.4 Å². The highest BCUT2D eigenvalue weighted by Gasteiger charge is 2.43. The average molecular weight is 477 g/mol. The molecule has 0 fully saturated rings. The van der Waals surface area contributed by atoms with Gasteiger partial charge in [0.1, 0.15) is 11.5 Å². The van der Waals surface area contributed by atoms with Crippen molar-refractivity contribution in [2.24, 2.45) is 5.92 Å². The molecule has 0 unspecified atom stereocenters. The fourth-order valence-electron chi connectivity index (χ4n) is 4.34. The molecule has 2 aliphatic heterocycles. The molecule has 2 aromatic rings. The van der Waals surface area contributed by atoms with Gasteiger partial charge in [-0.15, -0.1) is 0 Å². The maximum atomic E-state index is 13.5. The van der Waals surface area contributed by atoms with Crippen LogP contribution in [0.25, 0.3) is 0 Å². The molecule has 4 rings (SSSR count). The summed E-state index contributed by atoms with van der Waals surface area (Å²) in [6.07, 6.45) is 0.220. The summed E-state index contributed by atoms with van der Waals surface area (Å²) in [4.78, 5) is 41.9. The lowest BCUT2D eigenvalue weighted by atomic mass is 9.95. The van der Waals surface area contributed by atoms with Gasteiger partial charge in [0.15, 0.2) is 0 Å². The van der Waals surface area contributed by atoms with Crippen molar-refractivity contribution in [3.05, 3.63) is 71.4 Å². The Bertz CT molecular complexity index is 1130. The number of ether oxygens (including phenoxy) is 1. The zero-order valence-corrected chi connectivity index (χ0v) is 20.4. The monoisotopic (exact) mass is 476 g/mol. The molecule has 0 radical (unpaired) electrons. The molecule has 0 saturated heterocycles. The van der Waals surface area contributed by atoms with Gasteiger partial charge in [0, 0.05) is 26.1 Å². The molecule has 0 spiro atoms. The number of amides is 4. The van der Waals surface area contributed by atoms with E-state index < -0.39 is 6.04 Å². The highest BCUT2D eigenvalue weighted by molar-refractivity contribution is 6.01. The van der Waals surface area contributed by atoms with Crippen LogP contribution >= 0.6 is 0 Å². The fourth-order valence-corrected chi connectivity index (χ4v) is 4.34. The Morgan fingerprint density at radius 1 is 1.11 bits per heavy atom. The number of carbonyl (C=O) groups excluding carboxylic acids is 3. The number of urea groups is 1. The summed E-state index contributed by atoms with van der Waals surface area (Å²) in [7, 11) is 0. The van der Waals surface area contributed by atoms with Crippen LogP contribution in [0.1, 0.15) is 38.8 Å². The van der Waals surface area contributed by atoms with E-state index in [0.29, 0.717) is 54.9 Å². The van der Waals surface area contributed by atoms with Crippen LogP contribution in [-0.4, -0.2) is 53.8 Å². The molecule has 184 valence electrons. The maximum absolute atomic E-state index is 13.5. The number of likely N-dealkylation sites (N-methyl/N-ethyl adjacent to an activating group) is 1. The second-order valence-corrected chi connectivity index (χ2v) is 9.15. The van der Waals surface area contributed by atoms with E-state index >= 15 is 0 Å². The van der Waals surface area contributed by atoms with Gasteiger partial charge in [0.25, 0.3) is 5.91 Å². The highest BCUT2D eigenvalue weighted by Crippen LogP contribution is 2.37. The number of nitrogens with zero attached hydrogens (tertiary/aromatic N) is 2. The molecule has 2 heterocycles. The maximum Gasteiger partial charge on any atom is 0.322 e. The van der Waals surface area contributed by atoms with Crippen molar-refractivity contribution in [1.82, 2.24) is 20.4 Å². The molecule has 8 nitrogen and oxygen atoms in total. The first kappa shape index (κ1) is 24.3. The van der Waals surface area contributed by atoms with Gasteiger partial charge in [0.2, 0.25) is 5.91 Å². The van der Waals surface area contributed by atoms with Crippen LogP contribution in [0, 0.1) is 5.92 Å². The summed E-state index contributed by atoms with van der Waals surface area (Å²) >= 11 is 0. The van der Waals surface area contributed by atoms with Crippen LogP contribution in [0.4, 0.5) is 4.79 Å².